The van der Waals surface area contributed by atoms with E-state index in [1.54, 1.807) is 16.8 Å². The van der Waals surface area contributed by atoms with Gasteiger partial charge in [-0.05, 0) is 24.7 Å². The Morgan fingerprint density at radius 1 is 1.37 bits per heavy atom. The van der Waals surface area contributed by atoms with Crippen molar-refractivity contribution >= 4 is 6.03 Å². The molecule has 2 amide bonds. The second-order valence-corrected chi connectivity index (χ2v) is 4.63. The van der Waals surface area contributed by atoms with Crippen LogP contribution in [0.5, 0.6) is 0 Å². The van der Waals surface area contributed by atoms with E-state index in [4.69, 9.17) is 0 Å². The molecule has 1 fully saturated rings. The van der Waals surface area contributed by atoms with Crippen LogP contribution in [0.4, 0.5) is 13.6 Å². The average molecular weight is 269 g/mol. The molecule has 1 heterocycles. The minimum atomic E-state index is -0.882. The molecular weight excluding hydrogens is 252 g/mol. The van der Waals surface area contributed by atoms with Gasteiger partial charge in [0, 0.05) is 26.7 Å². The SMILES string of the molecule is CNCCN1CC(c2ccc(F)c(F)c2)N(C)C1=O. The summed E-state index contributed by atoms with van der Waals surface area (Å²) in [6.45, 7) is 1.78. The fraction of sp³-hybridized carbons (Fsp3) is 0.462. The summed E-state index contributed by atoms with van der Waals surface area (Å²) in [4.78, 5) is 15.3. The molecule has 1 unspecified atom stereocenters. The lowest BCUT2D eigenvalue weighted by Crippen LogP contribution is -2.34. The number of nitrogens with one attached hydrogen (secondary N) is 1. The van der Waals surface area contributed by atoms with Gasteiger partial charge in [0.15, 0.2) is 11.6 Å². The van der Waals surface area contributed by atoms with Crippen LogP contribution in [0, 0.1) is 11.6 Å². The molecule has 2 rings (SSSR count). The van der Waals surface area contributed by atoms with Gasteiger partial charge in [-0.1, -0.05) is 6.07 Å². The fourth-order valence-electron chi connectivity index (χ4n) is 2.25. The molecule has 1 atom stereocenters. The molecule has 0 saturated carbocycles. The molecule has 0 radical (unpaired) electrons. The summed E-state index contributed by atoms with van der Waals surface area (Å²) >= 11 is 0. The maximum atomic E-state index is 13.3. The van der Waals surface area contributed by atoms with Gasteiger partial charge in [-0.3, -0.25) is 0 Å². The van der Waals surface area contributed by atoms with E-state index < -0.39 is 11.6 Å². The van der Waals surface area contributed by atoms with Crippen molar-refractivity contribution in [1.82, 2.24) is 15.1 Å². The Hall–Kier alpha value is -1.69. The number of amides is 2. The number of urea groups is 1. The second kappa shape index (κ2) is 5.52. The molecule has 1 aromatic carbocycles. The molecule has 1 aliphatic heterocycles. The number of carbonyl (C=O) groups excluding carboxylic acids is 1. The van der Waals surface area contributed by atoms with Gasteiger partial charge in [-0.25, -0.2) is 13.6 Å². The molecule has 6 heteroatoms. The first-order valence-electron chi connectivity index (χ1n) is 6.16. The third kappa shape index (κ3) is 2.68. The highest BCUT2D eigenvalue weighted by molar-refractivity contribution is 5.77. The normalized spacial score (nSPS) is 19.4. The Balaban J connectivity index is 2.16. The van der Waals surface area contributed by atoms with Crippen LogP contribution in [0.25, 0.3) is 0 Å². The molecule has 1 aromatic rings. The van der Waals surface area contributed by atoms with E-state index in [0.717, 1.165) is 12.1 Å². The van der Waals surface area contributed by atoms with Crippen molar-refractivity contribution in [2.45, 2.75) is 6.04 Å². The van der Waals surface area contributed by atoms with Crippen LogP contribution in [0.1, 0.15) is 11.6 Å². The summed E-state index contributed by atoms with van der Waals surface area (Å²) in [5.41, 5.74) is 0.613. The van der Waals surface area contributed by atoms with Gasteiger partial charge in [0.05, 0.1) is 6.04 Å². The van der Waals surface area contributed by atoms with E-state index in [0.29, 0.717) is 25.2 Å². The highest BCUT2D eigenvalue weighted by Crippen LogP contribution is 2.28. The summed E-state index contributed by atoms with van der Waals surface area (Å²) in [5.74, 6) is -1.75. The third-order valence-electron chi connectivity index (χ3n) is 3.39. The van der Waals surface area contributed by atoms with Crippen LogP contribution < -0.4 is 5.32 Å². The maximum absolute atomic E-state index is 13.3. The highest BCUT2D eigenvalue weighted by atomic mass is 19.2. The number of likely N-dealkylation sites (N-methyl/N-ethyl adjacent to an activating group) is 2. The van der Waals surface area contributed by atoms with Crippen molar-refractivity contribution in [3.8, 4) is 0 Å². The third-order valence-corrected chi connectivity index (χ3v) is 3.39. The standard InChI is InChI=1S/C13H17F2N3O/c1-16-5-6-18-8-12(17(2)13(18)19)9-3-4-10(14)11(15)7-9/h3-4,7,12,16H,5-6,8H2,1-2H3. The van der Waals surface area contributed by atoms with Gasteiger partial charge in [0.25, 0.3) is 0 Å². The molecule has 0 spiro atoms. The Bertz CT molecular complexity index is 481. The topological polar surface area (TPSA) is 35.6 Å². The maximum Gasteiger partial charge on any atom is 0.320 e. The molecule has 1 N–H and O–H groups in total. The van der Waals surface area contributed by atoms with Crippen LogP contribution >= 0.6 is 0 Å². The Morgan fingerprint density at radius 2 is 2.11 bits per heavy atom. The second-order valence-electron chi connectivity index (χ2n) is 4.63. The first kappa shape index (κ1) is 13.7. The Labute approximate surface area is 111 Å². The van der Waals surface area contributed by atoms with Crippen LogP contribution in [0.3, 0.4) is 0 Å². The number of benzene rings is 1. The minimum Gasteiger partial charge on any atom is -0.321 e. The van der Waals surface area contributed by atoms with Crippen molar-refractivity contribution in [2.75, 3.05) is 33.7 Å². The van der Waals surface area contributed by atoms with E-state index >= 15 is 0 Å². The lowest BCUT2D eigenvalue weighted by Gasteiger charge is -2.18. The number of carbonyl (C=O) groups is 1. The van der Waals surface area contributed by atoms with Crippen molar-refractivity contribution < 1.29 is 13.6 Å². The van der Waals surface area contributed by atoms with Crippen molar-refractivity contribution in [1.29, 1.82) is 0 Å². The number of hydrogen-bond donors (Lipinski definition) is 1. The minimum absolute atomic E-state index is 0.0926. The van der Waals surface area contributed by atoms with Gasteiger partial charge < -0.3 is 15.1 Å². The number of nitrogens with zero attached hydrogens (tertiary/aromatic N) is 2. The summed E-state index contributed by atoms with van der Waals surface area (Å²) in [5, 5.41) is 2.98. The molecule has 0 aliphatic carbocycles. The van der Waals surface area contributed by atoms with Crippen molar-refractivity contribution in [3.05, 3.63) is 35.4 Å². The van der Waals surface area contributed by atoms with Gasteiger partial charge in [-0.2, -0.15) is 0 Å². The van der Waals surface area contributed by atoms with Gasteiger partial charge in [-0.15, -0.1) is 0 Å². The quantitative estimate of drug-likeness (QED) is 0.901. The fourth-order valence-corrected chi connectivity index (χ4v) is 2.25. The number of halogens is 2. The van der Waals surface area contributed by atoms with Crippen molar-refractivity contribution in [3.63, 3.8) is 0 Å². The van der Waals surface area contributed by atoms with E-state index in [2.05, 4.69) is 5.32 Å². The van der Waals surface area contributed by atoms with Gasteiger partial charge >= 0.3 is 6.03 Å². The summed E-state index contributed by atoms with van der Waals surface area (Å²) < 4.78 is 26.2. The lowest BCUT2D eigenvalue weighted by molar-refractivity contribution is 0.196. The smallest absolute Gasteiger partial charge is 0.320 e. The Morgan fingerprint density at radius 3 is 2.74 bits per heavy atom. The predicted molar refractivity (Wildman–Crippen MR) is 67.8 cm³/mol. The first-order valence-corrected chi connectivity index (χ1v) is 6.16. The number of hydrogen-bond acceptors (Lipinski definition) is 2. The van der Waals surface area contributed by atoms with E-state index in [1.165, 1.54) is 6.07 Å². The van der Waals surface area contributed by atoms with Crippen molar-refractivity contribution in [2.24, 2.45) is 0 Å². The zero-order chi connectivity index (χ0) is 14.0. The summed E-state index contributed by atoms with van der Waals surface area (Å²) in [6, 6.07) is 3.45. The van der Waals surface area contributed by atoms with E-state index in [-0.39, 0.29) is 12.1 Å². The lowest BCUT2D eigenvalue weighted by atomic mass is 10.1. The van der Waals surface area contributed by atoms with Crippen LogP contribution in [-0.4, -0.2) is 49.6 Å². The monoisotopic (exact) mass is 269 g/mol. The van der Waals surface area contributed by atoms with Crippen LogP contribution in [0.2, 0.25) is 0 Å². The molecule has 4 nitrogen and oxygen atoms in total. The summed E-state index contributed by atoms with van der Waals surface area (Å²) in [7, 11) is 3.49. The average Bonchev–Trinajstić information content (AvgIpc) is 2.67. The van der Waals surface area contributed by atoms with E-state index in [9.17, 15) is 13.6 Å². The molecular formula is C13H17F2N3O. The van der Waals surface area contributed by atoms with Crippen LogP contribution in [-0.2, 0) is 0 Å². The van der Waals surface area contributed by atoms with Crippen LogP contribution in [0.15, 0.2) is 18.2 Å². The van der Waals surface area contributed by atoms with E-state index in [1.807, 2.05) is 7.05 Å². The molecule has 1 saturated heterocycles. The first-order chi connectivity index (χ1) is 9.04. The summed E-state index contributed by atoms with van der Waals surface area (Å²) in [6.07, 6.45) is 0. The predicted octanol–water partition coefficient (Wildman–Crippen LogP) is 1.59. The zero-order valence-corrected chi connectivity index (χ0v) is 11.0. The molecule has 0 aromatic heterocycles. The molecule has 0 bridgehead atoms. The van der Waals surface area contributed by atoms with Gasteiger partial charge in [0.1, 0.15) is 0 Å². The zero-order valence-electron chi connectivity index (χ0n) is 11.0. The molecule has 104 valence electrons. The molecule has 19 heavy (non-hydrogen) atoms. The molecule has 1 aliphatic rings. The van der Waals surface area contributed by atoms with Gasteiger partial charge in [0.2, 0.25) is 0 Å². The largest absolute Gasteiger partial charge is 0.321 e. The number of rotatable bonds is 4. The Kier molecular flexibility index (Phi) is 3.99. The highest BCUT2D eigenvalue weighted by Gasteiger charge is 2.35.